The molecule has 0 bridgehead atoms. The standard InChI is InChI=1S/C11H15N5O/c1-11(2,6-17-12)9-3-4-10(14-5-9)16-8-13-7-15-16/h3-5,7-8H,6,12H2,1-2H3. The van der Waals surface area contributed by atoms with Crippen LogP contribution in [0.5, 0.6) is 0 Å². The molecule has 0 fully saturated rings. The van der Waals surface area contributed by atoms with Crippen molar-refractivity contribution in [1.82, 2.24) is 19.7 Å². The monoisotopic (exact) mass is 233 g/mol. The van der Waals surface area contributed by atoms with Crippen LogP contribution in [0.3, 0.4) is 0 Å². The summed E-state index contributed by atoms with van der Waals surface area (Å²) in [5.74, 6) is 5.85. The number of pyridine rings is 1. The minimum atomic E-state index is -0.164. The van der Waals surface area contributed by atoms with E-state index in [9.17, 15) is 0 Å². The second kappa shape index (κ2) is 4.60. The van der Waals surface area contributed by atoms with Crippen LogP contribution in [0.2, 0.25) is 0 Å². The van der Waals surface area contributed by atoms with Crippen molar-refractivity contribution in [3.8, 4) is 5.82 Å². The lowest BCUT2D eigenvalue weighted by molar-refractivity contribution is 0.0963. The summed E-state index contributed by atoms with van der Waals surface area (Å²) in [6.45, 7) is 4.54. The van der Waals surface area contributed by atoms with Crippen molar-refractivity contribution in [3.05, 3.63) is 36.5 Å². The SMILES string of the molecule is CC(C)(CON)c1ccc(-n2cncn2)nc1. The first kappa shape index (κ1) is 11.7. The summed E-state index contributed by atoms with van der Waals surface area (Å²) in [7, 11) is 0. The number of rotatable bonds is 4. The van der Waals surface area contributed by atoms with E-state index in [1.165, 1.54) is 6.33 Å². The average molecular weight is 233 g/mol. The molecular weight excluding hydrogens is 218 g/mol. The van der Waals surface area contributed by atoms with Gasteiger partial charge in [0.1, 0.15) is 12.7 Å². The van der Waals surface area contributed by atoms with Gasteiger partial charge in [0.25, 0.3) is 0 Å². The Bertz CT molecular complexity index is 463. The number of aromatic nitrogens is 4. The lowest BCUT2D eigenvalue weighted by Crippen LogP contribution is -2.26. The van der Waals surface area contributed by atoms with Crippen molar-refractivity contribution in [2.45, 2.75) is 19.3 Å². The fourth-order valence-electron chi connectivity index (χ4n) is 1.54. The summed E-state index contributed by atoms with van der Waals surface area (Å²) in [4.78, 5) is 12.9. The first-order chi connectivity index (χ1) is 8.13. The van der Waals surface area contributed by atoms with Gasteiger partial charge in [-0.1, -0.05) is 19.9 Å². The van der Waals surface area contributed by atoms with Crippen LogP contribution in [0.15, 0.2) is 31.0 Å². The Kier molecular flexibility index (Phi) is 3.16. The summed E-state index contributed by atoms with van der Waals surface area (Å²) >= 11 is 0. The molecule has 0 aliphatic carbocycles. The van der Waals surface area contributed by atoms with Gasteiger partial charge in [-0.2, -0.15) is 5.10 Å². The molecule has 0 unspecified atom stereocenters. The molecule has 17 heavy (non-hydrogen) atoms. The second-order valence-corrected chi connectivity index (χ2v) is 4.44. The molecular formula is C11H15N5O. The van der Waals surface area contributed by atoms with Gasteiger partial charge in [-0.05, 0) is 11.6 Å². The zero-order valence-corrected chi connectivity index (χ0v) is 9.87. The minimum absolute atomic E-state index is 0.164. The van der Waals surface area contributed by atoms with Crippen LogP contribution in [-0.4, -0.2) is 26.4 Å². The maximum atomic E-state index is 5.12. The van der Waals surface area contributed by atoms with Crippen molar-refractivity contribution >= 4 is 0 Å². The molecule has 0 saturated heterocycles. The molecule has 2 N–H and O–H groups in total. The first-order valence-electron chi connectivity index (χ1n) is 5.27. The summed E-state index contributed by atoms with van der Waals surface area (Å²) < 4.78 is 1.61. The Balaban J connectivity index is 2.24. The lowest BCUT2D eigenvalue weighted by Gasteiger charge is -2.23. The van der Waals surface area contributed by atoms with Gasteiger partial charge in [0.05, 0.1) is 6.61 Å². The fourth-order valence-corrected chi connectivity index (χ4v) is 1.54. The van der Waals surface area contributed by atoms with Crippen molar-refractivity contribution < 1.29 is 4.84 Å². The normalized spacial score (nSPS) is 11.7. The largest absolute Gasteiger partial charge is 0.304 e. The van der Waals surface area contributed by atoms with Crippen LogP contribution < -0.4 is 5.90 Å². The predicted molar refractivity (Wildman–Crippen MR) is 62.3 cm³/mol. The Morgan fingerprint density at radius 1 is 1.41 bits per heavy atom. The third-order valence-electron chi connectivity index (χ3n) is 2.63. The van der Waals surface area contributed by atoms with Crippen molar-refractivity contribution in [1.29, 1.82) is 0 Å². The van der Waals surface area contributed by atoms with E-state index in [4.69, 9.17) is 10.7 Å². The molecule has 0 atom stereocenters. The zero-order chi connectivity index (χ0) is 12.3. The molecule has 6 nitrogen and oxygen atoms in total. The number of nitrogens with two attached hydrogens (primary N) is 1. The number of hydrogen-bond donors (Lipinski definition) is 1. The van der Waals surface area contributed by atoms with Gasteiger partial charge in [-0.25, -0.2) is 20.5 Å². The molecule has 2 rings (SSSR count). The average Bonchev–Trinajstić information content (AvgIpc) is 2.82. The third kappa shape index (κ3) is 2.48. The number of nitrogens with zero attached hydrogens (tertiary/aromatic N) is 4. The highest BCUT2D eigenvalue weighted by atomic mass is 16.6. The van der Waals surface area contributed by atoms with E-state index in [0.717, 1.165) is 11.4 Å². The molecule has 2 aromatic rings. The van der Waals surface area contributed by atoms with Crippen LogP contribution in [0, 0.1) is 0 Å². The summed E-state index contributed by atoms with van der Waals surface area (Å²) in [5, 5.41) is 4.01. The van der Waals surface area contributed by atoms with E-state index in [0.29, 0.717) is 6.61 Å². The van der Waals surface area contributed by atoms with Gasteiger partial charge in [-0.15, -0.1) is 0 Å². The Morgan fingerprint density at radius 2 is 2.24 bits per heavy atom. The Morgan fingerprint density at radius 3 is 2.76 bits per heavy atom. The summed E-state index contributed by atoms with van der Waals surface area (Å²) in [6.07, 6.45) is 4.88. The minimum Gasteiger partial charge on any atom is -0.304 e. The maximum Gasteiger partial charge on any atom is 0.155 e. The van der Waals surface area contributed by atoms with E-state index >= 15 is 0 Å². The van der Waals surface area contributed by atoms with Gasteiger partial charge < -0.3 is 4.84 Å². The van der Waals surface area contributed by atoms with Crippen LogP contribution >= 0.6 is 0 Å². The van der Waals surface area contributed by atoms with Gasteiger partial charge in [0.15, 0.2) is 5.82 Å². The van der Waals surface area contributed by atoms with Crippen LogP contribution in [0.1, 0.15) is 19.4 Å². The summed E-state index contributed by atoms with van der Waals surface area (Å²) in [6, 6.07) is 3.88. The summed E-state index contributed by atoms with van der Waals surface area (Å²) in [5.41, 5.74) is 0.898. The molecule has 0 aliphatic rings. The van der Waals surface area contributed by atoms with Gasteiger partial charge in [-0.3, -0.25) is 0 Å². The van der Waals surface area contributed by atoms with E-state index < -0.39 is 0 Å². The van der Waals surface area contributed by atoms with Crippen LogP contribution in [0.25, 0.3) is 5.82 Å². The highest BCUT2D eigenvalue weighted by molar-refractivity contribution is 5.28. The molecule has 0 spiro atoms. The van der Waals surface area contributed by atoms with Crippen LogP contribution in [-0.2, 0) is 10.3 Å². The molecule has 6 heteroatoms. The molecule has 0 radical (unpaired) electrons. The topological polar surface area (TPSA) is 78.9 Å². The van der Waals surface area contributed by atoms with Gasteiger partial charge in [0.2, 0.25) is 0 Å². The second-order valence-electron chi connectivity index (χ2n) is 4.44. The van der Waals surface area contributed by atoms with Gasteiger partial charge in [0, 0.05) is 11.6 Å². The smallest absolute Gasteiger partial charge is 0.155 e. The zero-order valence-electron chi connectivity index (χ0n) is 9.87. The fraction of sp³-hybridized carbons (Fsp3) is 0.364. The maximum absolute atomic E-state index is 5.12. The molecule has 90 valence electrons. The Labute approximate surface area is 99.4 Å². The van der Waals surface area contributed by atoms with Gasteiger partial charge >= 0.3 is 0 Å². The van der Waals surface area contributed by atoms with E-state index in [1.54, 1.807) is 17.2 Å². The molecule has 0 saturated carbocycles. The molecule has 2 heterocycles. The molecule has 0 amide bonds. The van der Waals surface area contributed by atoms with Crippen molar-refractivity contribution in [2.75, 3.05) is 6.61 Å². The predicted octanol–water partition coefficient (Wildman–Crippen LogP) is 0.830. The quantitative estimate of drug-likeness (QED) is 0.791. The molecule has 2 aromatic heterocycles. The van der Waals surface area contributed by atoms with E-state index in [1.807, 2.05) is 26.0 Å². The van der Waals surface area contributed by atoms with Crippen LogP contribution in [0.4, 0.5) is 0 Å². The third-order valence-corrected chi connectivity index (χ3v) is 2.63. The van der Waals surface area contributed by atoms with Crippen molar-refractivity contribution in [2.24, 2.45) is 5.90 Å². The lowest BCUT2D eigenvalue weighted by atomic mass is 9.87. The highest BCUT2D eigenvalue weighted by Gasteiger charge is 2.21. The van der Waals surface area contributed by atoms with E-state index in [2.05, 4.69) is 15.1 Å². The highest BCUT2D eigenvalue weighted by Crippen LogP contribution is 2.22. The number of hydrogen-bond acceptors (Lipinski definition) is 5. The van der Waals surface area contributed by atoms with Crippen molar-refractivity contribution in [3.63, 3.8) is 0 Å². The van der Waals surface area contributed by atoms with E-state index in [-0.39, 0.29) is 5.41 Å². The molecule has 0 aromatic carbocycles. The first-order valence-corrected chi connectivity index (χ1v) is 5.27. The Hall–Kier alpha value is -1.79. The molecule has 0 aliphatic heterocycles.